The normalized spacial score (nSPS) is 22.5. The van der Waals surface area contributed by atoms with Crippen LogP contribution in [0, 0.1) is 0 Å². The molecule has 19 heavy (non-hydrogen) atoms. The lowest BCUT2D eigenvalue weighted by atomic mass is 10.2. The fraction of sp³-hybridized carbons (Fsp3) is 0.364. The van der Waals surface area contributed by atoms with Crippen LogP contribution in [0.1, 0.15) is 17.3 Å². The molecule has 0 radical (unpaired) electrons. The van der Waals surface area contributed by atoms with Crippen molar-refractivity contribution < 1.29 is 19.8 Å². The minimum atomic E-state index is -1.08. The lowest BCUT2D eigenvalue weighted by molar-refractivity contribution is -0.141. The Hall–Kier alpha value is -1.96. The van der Waals surface area contributed by atoms with Gasteiger partial charge in [-0.25, -0.2) is 4.79 Å². The maximum Gasteiger partial charge on any atom is 0.327 e. The van der Waals surface area contributed by atoms with Gasteiger partial charge in [-0.15, -0.1) is 11.8 Å². The maximum absolute atomic E-state index is 12.3. The van der Waals surface area contributed by atoms with Gasteiger partial charge in [-0.2, -0.15) is 0 Å². The molecule has 1 aromatic rings. The highest BCUT2D eigenvalue weighted by atomic mass is 32.2. The Kier molecular flexibility index (Phi) is 3.52. The van der Waals surface area contributed by atoms with Crippen LogP contribution in [0.5, 0.6) is 5.88 Å². The standard InChI is InChI=1S/C11H12N2O5S/c1-5-13(7(4-19-5)11(17)18)10(16)6-2-8(14)12-9(15)3-6/h2-3,5,7H,4H2,1H3,(H,17,18)(H2,12,14,15). The first-order valence-corrected chi connectivity index (χ1v) is 6.55. The maximum atomic E-state index is 12.3. The summed E-state index contributed by atoms with van der Waals surface area (Å²) in [4.78, 5) is 37.9. The van der Waals surface area contributed by atoms with Crippen molar-refractivity contribution in [3.8, 4) is 5.88 Å². The Morgan fingerprint density at radius 3 is 2.74 bits per heavy atom. The fourth-order valence-electron chi connectivity index (χ4n) is 1.94. The number of aromatic nitrogens is 1. The van der Waals surface area contributed by atoms with Crippen LogP contribution in [0.3, 0.4) is 0 Å². The summed E-state index contributed by atoms with van der Waals surface area (Å²) in [5.41, 5.74) is -0.642. The van der Waals surface area contributed by atoms with Crippen molar-refractivity contribution >= 4 is 23.6 Å². The van der Waals surface area contributed by atoms with Crippen LogP contribution in [-0.2, 0) is 4.79 Å². The Morgan fingerprint density at radius 1 is 1.47 bits per heavy atom. The zero-order valence-electron chi connectivity index (χ0n) is 9.99. The number of H-pyrrole nitrogens is 1. The third kappa shape index (κ3) is 2.58. The van der Waals surface area contributed by atoms with Crippen molar-refractivity contribution in [2.24, 2.45) is 0 Å². The summed E-state index contributed by atoms with van der Waals surface area (Å²) in [6.07, 6.45) is 0. The molecule has 2 atom stereocenters. The van der Waals surface area contributed by atoms with E-state index in [2.05, 4.69) is 4.98 Å². The summed E-state index contributed by atoms with van der Waals surface area (Å²) >= 11 is 1.35. The van der Waals surface area contributed by atoms with E-state index in [0.717, 1.165) is 12.1 Å². The molecule has 102 valence electrons. The zero-order valence-corrected chi connectivity index (χ0v) is 10.8. The number of aromatic hydroxyl groups is 1. The second-order valence-electron chi connectivity index (χ2n) is 4.12. The number of carboxylic acids is 1. The molecule has 0 saturated carbocycles. The third-order valence-corrected chi connectivity index (χ3v) is 4.04. The van der Waals surface area contributed by atoms with Gasteiger partial charge in [-0.3, -0.25) is 14.6 Å². The Labute approximate surface area is 112 Å². The van der Waals surface area contributed by atoms with E-state index in [1.165, 1.54) is 16.7 Å². The molecule has 0 aliphatic carbocycles. The van der Waals surface area contributed by atoms with E-state index in [1.54, 1.807) is 6.92 Å². The number of aliphatic carboxylic acids is 1. The summed E-state index contributed by atoms with van der Waals surface area (Å²) < 4.78 is 0. The number of rotatable bonds is 2. The van der Waals surface area contributed by atoms with Crippen LogP contribution in [0.2, 0.25) is 0 Å². The molecule has 0 bridgehead atoms. The predicted molar refractivity (Wildman–Crippen MR) is 68.2 cm³/mol. The fourth-order valence-corrected chi connectivity index (χ4v) is 3.11. The van der Waals surface area contributed by atoms with Gasteiger partial charge in [0.2, 0.25) is 0 Å². The number of aromatic amines is 1. The molecule has 2 rings (SSSR count). The summed E-state index contributed by atoms with van der Waals surface area (Å²) in [5.74, 6) is -1.79. The van der Waals surface area contributed by atoms with Gasteiger partial charge in [0, 0.05) is 17.9 Å². The molecule has 1 aromatic heterocycles. The van der Waals surface area contributed by atoms with Gasteiger partial charge in [-0.1, -0.05) is 0 Å². The molecule has 7 nitrogen and oxygen atoms in total. The Balaban J connectivity index is 2.36. The van der Waals surface area contributed by atoms with E-state index in [9.17, 15) is 19.5 Å². The number of nitrogens with zero attached hydrogens (tertiary/aromatic N) is 1. The number of pyridine rings is 1. The minimum Gasteiger partial charge on any atom is -0.494 e. The van der Waals surface area contributed by atoms with E-state index in [-0.39, 0.29) is 10.9 Å². The molecule has 2 heterocycles. The molecular formula is C11H12N2O5S. The molecule has 0 aromatic carbocycles. The molecule has 1 aliphatic rings. The number of amides is 1. The first kappa shape index (κ1) is 13.5. The number of nitrogens with one attached hydrogen (secondary N) is 1. The van der Waals surface area contributed by atoms with Gasteiger partial charge in [0.15, 0.2) is 5.88 Å². The van der Waals surface area contributed by atoms with E-state index in [1.807, 2.05) is 0 Å². The number of carbonyl (C=O) groups is 2. The molecule has 1 aliphatic heterocycles. The van der Waals surface area contributed by atoms with E-state index in [4.69, 9.17) is 5.11 Å². The SMILES string of the molecule is CC1SCC(C(=O)O)N1C(=O)c1cc(O)[nH]c(=O)c1. The van der Waals surface area contributed by atoms with Gasteiger partial charge in [0.05, 0.1) is 10.9 Å². The number of hydrogen-bond acceptors (Lipinski definition) is 5. The van der Waals surface area contributed by atoms with E-state index < -0.39 is 29.4 Å². The van der Waals surface area contributed by atoms with Gasteiger partial charge >= 0.3 is 5.97 Å². The van der Waals surface area contributed by atoms with Crippen LogP contribution in [-0.4, -0.2) is 49.1 Å². The molecule has 1 fully saturated rings. The minimum absolute atomic E-state index is 0.0261. The van der Waals surface area contributed by atoms with Gasteiger partial charge in [-0.05, 0) is 6.92 Å². The van der Waals surface area contributed by atoms with Crippen molar-refractivity contribution in [2.45, 2.75) is 18.3 Å². The molecule has 8 heteroatoms. The van der Waals surface area contributed by atoms with Crippen LogP contribution in [0.4, 0.5) is 0 Å². The van der Waals surface area contributed by atoms with E-state index >= 15 is 0 Å². The monoisotopic (exact) mass is 284 g/mol. The van der Waals surface area contributed by atoms with Crippen LogP contribution < -0.4 is 5.56 Å². The lowest BCUT2D eigenvalue weighted by Crippen LogP contribution is -2.45. The largest absolute Gasteiger partial charge is 0.494 e. The highest BCUT2D eigenvalue weighted by Crippen LogP contribution is 2.30. The zero-order chi connectivity index (χ0) is 14.2. The lowest BCUT2D eigenvalue weighted by Gasteiger charge is -2.24. The summed E-state index contributed by atoms with van der Waals surface area (Å²) in [7, 11) is 0. The van der Waals surface area contributed by atoms with Crippen molar-refractivity contribution in [3.63, 3.8) is 0 Å². The smallest absolute Gasteiger partial charge is 0.327 e. The highest BCUT2D eigenvalue weighted by molar-refractivity contribution is 8.00. The van der Waals surface area contributed by atoms with Crippen molar-refractivity contribution in [1.82, 2.24) is 9.88 Å². The van der Waals surface area contributed by atoms with Crippen LogP contribution in [0.15, 0.2) is 16.9 Å². The topological polar surface area (TPSA) is 111 Å². The van der Waals surface area contributed by atoms with Crippen LogP contribution in [0.25, 0.3) is 0 Å². The van der Waals surface area contributed by atoms with Gasteiger partial charge in [0.1, 0.15) is 6.04 Å². The predicted octanol–water partition coefficient (Wildman–Crippen LogP) is 0.0687. The summed E-state index contributed by atoms with van der Waals surface area (Å²) in [6, 6.07) is 1.23. The Morgan fingerprint density at radius 2 is 2.16 bits per heavy atom. The third-order valence-electron chi connectivity index (χ3n) is 2.82. The molecule has 0 spiro atoms. The molecule has 1 saturated heterocycles. The molecule has 1 amide bonds. The summed E-state index contributed by atoms with van der Waals surface area (Å²) in [6.45, 7) is 1.72. The van der Waals surface area contributed by atoms with Crippen LogP contribution >= 0.6 is 11.8 Å². The highest BCUT2D eigenvalue weighted by Gasteiger charge is 2.39. The number of carbonyl (C=O) groups excluding carboxylic acids is 1. The quantitative estimate of drug-likeness (QED) is 0.708. The van der Waals surface area contributed by atoms with E-state index in [0.29, 0.717) is 5.75 Å². The van der Waals surface area contributed by atoms with Crippen molar-refractivity contribution in [1.29, 1.82) is 0 Å². The average molecular weight is 284 g/mol. The summed E-state index contributed by atoms with van der Waals surface area (Å²) in [5, 5.41) is 18.1. The number of thioether (sulfide) groups is 1. The molecular weight excluding hydrogens is 272 g/mol. The van der Waals surface area contributed by atoms with Crippen molar-refractivity contribution in [3.05, 3.63) is 28.0 Å². The number of hydrogen-bond donors (Lipinski definition) is 3. The first-order chi connectivity index (χ1) is 8.90. The second kappa shape index (κ2) is 4.96. The molecule has 3 N–H and O–H groups in total. The van der Waals surface area contributed by atoms with Gasteiger partial charge in [0.25, 0.3) is 11.5 Å². The Bertz CT molecular complexity index is 585. The van der Waals surface area contributed by atoms with Crippen molar-refractivity contribution in [2.75, 3.05) is 5.75 Å². The van der Waals surface area contributed by atoms with Gasteiger partial charge < -0.3 is 15.1 Å². The average Bonchev–Trinajstić information content (AvgIpc) is 2.69. The second-order valence-corrected chi connectivity index (χ2v) is 5.47. The molecule has 2 unspecified atom stereocenters. The number of carboxylic acid groups (broad SMARTS) is 1. The first-order valence-electron chi connectivity index (χ1n) is 5.50.